The molecule has 0 aliphatic carbocycles. The number of nitrogens with one attached hydrogen (secondary N) is 1. The van der Waals surface area contributed by atoms with Crippen LogP contribution in [0.5, 0.6) is 0 Å². The van der Waals surface area contributed by atoms with E-state index in [-0.39, 0.29) is 37.7 Å². The molecule has 0 radical (unpaired) electrons. The van der Waals surface area contributed by atoms with Crippen LogP contribution in [0.25, 0.3) is 17.0 Å². The fourth-order valence-electron chi connectivity index (χ4n) is 12.0. The maximum atomic E-state index is 15.0. The first-order valence-electron chi connectivity index (χ1n) is 28.1. The Hall–Kier alpha value is -5.47. The number of aliphatic hydroxyl groups is 2. The molecule has 3 fully saturated rings. The van der Waals surface area contributed by atoms with Gasteiger partial charge in [0, 0.05) is 42.7 Å². The molecular formula is C63H85N3O14. The molecule has 0 amide bonds. The molecule has 4 aromatic rings. The lowest BCUT2D eigenvalue weighted by molar-refractivity contribution is -0.319. The predicted molar refractivity (Wildman–Crippen MR) is 303 cm³/mol. The first-order chi connectivity index (χ1) is 37.9. The number of benzene rings is 3. The number of ether oxygens (including phenoxy) is 9. The van der Waals surface area contributed by atoms with Crippen LogP contribution in [-0.4, -0.2) is 156 Å². The number of nitrogens with zero attached hydrogens (tertiary/aromatic N) is 2. The molecule has 0 spiro atoms. The summed E-state index contributed by atoms with van der Waals surface area (Å²) < 4.78 is 60.3. The second kappa shape index (κ2) is 26.6. The molecule has 80 heavy (non-hydrogen) atoms. The van der Waals surface area contributed by atoms with Crippen LogP contribution in [0.2, 0.25) is 0 Å². The smallest absolute Gasteiger partial charge is 0.338 e. The zero-order valence-electron chi connectivity index (χ0n) is 48.8. The quantitative estimate of drug-likeness (QED) is 0.0747. The van der Waals surface area contributed by atoms with Crippen molar-refractivity contribution < 1.29 is 67.2 Å². The highest BCUT2D eigenvalue weighted by atomic mass is 16.7. The number of aliphatic hydroxyl groups excluding tert-OH is 1. The maximum Gasteiger partial charge on any atom is 0.338 e. The molecule has 3 saturated heterocycles. The zero-order chi connectivity index (χ0) is 58.3. The van der Waals surface area contributed by atoms with Gasteiger partial charge in [0.05, 0.1) is 71.3 Å². The normalized spacial score (nSPS) is 35.8. The van der Waals surface area contributed by atoms with Crippen molar-refractivity contribution in [2.75, 3.05) is 27.8 Å². The van der Waals surface area contributed by atoms with Crippen LogP contribution in [0, 0.1) is 29.1 Å². The van der Waals surface area contributed by atoms with Gasteiger partial charge in [-0.1, -0.05) is 94.4 Å². The van der Waals surface area contributed by atoms with E-state index in [4.69, 9.17) is 42.6 Å². The molecular weight excluding hydrogens is 1020 g/mol. The number of rotatable bonds is 15. The summed E-state index contributed by atoms with van der Waals surface area (Å²) in [6.45, 7) is 17.7. The minimum atomic E-state index is -1.99. The van der Waals surface area contributed by atoms with Gasteiger partial charge in [0.15, 0.2) is 24.8 Å². The van der Waals surface area contributed by atoms with E-state index in [1.165, 1.54) is 14.0 Å². The number of para-hydroxylation sites is 1. The van der Waals surface area contributed by atoms with Crippen molar-refractivity contribution in [2.24, 2.45) is 23.7 Å². The SMILES string of the molecule is CC[C@@H]1OC(=O)[C@H](C)[C@H](O[C@H]2C[C@@](C)(OC)[C@@H](OC(=O)c3ccccc3)[C@H](C)O2)[C@H](C)[C@@H](O[C@@H]2O[C@H](C)C[C@H](N(C)C)[C@H]2OC(=O)c2ccccc2)[C@@](C)(OC/C=C/c2cnc3ccccc3c2)C[C@@H](C)C(=N)[C@@H](C)[C@@H](O)[C@]1(C)O. The van der Waals surface area contributed by atoms with E-state index in [1.807, 2.05) is 108 Å². The molecule has 3 aromatic carbocycles. The monoisotopic (exact) mass is 1110 g/mol. The molecule has 17 heteroatoms. The van der Waals surface area contributed by atoms with E-state index in [0.29, 0.717) is 17.5 Å². The standard InChI is InChI=1S/C63H85N3O14/c1-14-49-63(10,71)54(67)39(4)51(64)37(2)34-62(9,73-31-23-24-43-33-46-29-21-22-30-47(46)65-36-43)55(80-60-53(48(66(11)12)32-38(3)74-60)78-58(69)44-25-17-15-18-26-44)40(5)52(41(6)57(68)76-49)77-50-35-61(8,72-13)56(42(7)75-50)79-59(70)45-27-19-16-20-28-45/h15-30,33,36-42,48-50,52-56,60,64,67,71H,14,31-32,34-35H2,1-13H3/b24-23+,64-51?/t37-,38-,39-,40+,41-,42+,48+,49+,50+,52-,53-,54-,55-,56+,60+,61-,62+,63-/m1/s1. The van der Waals surface area contributed by atoms with Crippen molar-refractivity contribution in [1.29, 1.82) is 5.41 Å². The van der Waals surface area contributed by atoms with Crippen LogP contribution in [0.3, 0.4) is 0 Å². The Morgan fingerprint density at radius 2 is 1.44 bits per heavy atom. The average Bonchev–Trinajstić information content (AvgIpc) is 3.44. The summed E-state index contributed by atoms with van der Waals surface area (Å²) in [6, 6.07) is 26.8. The highest BCUT2D eigenvalue weighted by Gasteiger charge is 2.55. The fraction of sp³-hybridized carbons (Fsp3) is 0.571. The van der Waals surface area contributed by atoms with Crippen molar-refractivity contribution in [2.45, 2.75) is 179 Å². The van der Waals surface area contributed by atoms with E-state index >= 15 is 4.79 Å². The van der Waals surface area contributed by atoms with Gasteiger partial charge in [0.1, 0.15) is 17.3 Å². The predicted octanol–water partition coefficient (Wildman–Crippen LogP) is 9.25. The minimum absolute atomic E-state index is 0.0252. The summed E-state index contributed by atoms with van der Waals surface area (Å²) in [5.41, 5.74) is -2.07. The highest BCUT2D eigenvalue weighted by Crippen LogP contribution is 2.43. The highest BCUT2D eigenvalue weighted by molar-refractivity contribution is 5.90. The van der Waals surface area contributed by atoms with Gasteiger partial charge >= 0.3 is 17.9 Å². The number of carbonyl (C=O) groups excluding carboxylic acids is 3. The van der Waals surface area contributed by atoms with E-state index in [2.05, 4.69) is 4.98 Å². The van der Waals surface area contributed by atoms with Gasteiger partial charge in [0.2, 0.25) is 0 Å². The number of aromatic nitrogens is 1. The minimum Gasteiger partial charge on any atom is -0.459 e. The average molecular weight is 1110 g/mol. The Bertz CT molecular complexity index is 2740. The first kappa shape index (κ1) is 62.1. The molecule has 0 bridgehead atoms. The van der Waals surface area contributed by atoms with Crippen LogP contribution in [-0.2, 0) is 47.4 Å². The van der Waals surface area contributed by atoms with Crippen LogP contribution in [0.4, 0.5) is 0 Å². The number of hydrogen-bond donors (Lipinski definition) is 3. The van der Waals surface area contributed by atoms with Gasteiger partial charge < -0.3 is 63.2 Å². The van der Waals surface area contributed by atoms with Crippen molar-refractivity contribution in [3.05, 3.63) is 120 Å². The largest absolute Gasteiger partial charge is 0.459 e. The Labute approximate surface area is 472 Å². The summed E-state index contributed by atoms with van der Waals surface area (Å²) in [5, 5.41) is 34.9. The van der Waals surface area contributed by atoms with Gasteiger partial charge in [-0.05, 0) is 123 Å². The summed E-state index contributed by atoms with van der Waals surface area (Å²) in [6.07, 6.45) is -4.06. The summed E-state index contributed by atoms with van der Waals surface area (Å²) in [7, 11) is 5.34. The van der Waals surface area contributed by atoms with Crippen molar-refractivity contribution >= 4 is 40.6 Å². The Morgan fingerprint density at radius 1 is 0.812 bits per heavy atom. The molecule has 0 unspecified atom stereocenters. The number of methoxy groups -OCH3 is 1. The van der Waals surface area contributed by atoms with E-state index < -0.39 is 120 Å². The maximum absolute atomic E-state index is 15.0. The van der Waals surface area contributed by atoms with Gasteiger partial charge in [-0.2, -0.15) is 0 Å². The third-order valence-electron chi connectivity index (χ3n) is 16.7. The lowest BCUT2D eigenvalue weighted by Gasteiger charge is -2.50. The van der Waals surface area contributed by atoms with Crippen LogP contribution >= 0.6 is 0 Å². The third kappa shape index (κ3) is 14.2. The third-order valence-corrected chi connectivity index (χ3v) is 16.7. The molecule has 3 aliphatic rings. The number of likely N-dealkylation sites (N-methyl/N-ethyl adjacent to an activating group) is 1. The number of pyridine rings is 1. The van der Waals surface area contributed by atoms with Crippen LogP contribution < -0.4 is 0 Å². The Kier molecular flexibility index (Phi) is 20.7. The van der Waals surface area contributed by atoms with Crippen molar-refractivity contribution in [1.82, 2.24) is 9.88 Å². The zero-order valence-corrected chi connectivity index (χ0v) is 48.8. The molecule has 18 atom stereocenters. The van der Waals surface area contributed by atoms with E-state index in [1.54, 1.807) is 82.4 Å². The van der Waals surface area contributed by atoms with Gasteiger partial charge in [-0.3, -0.25) is 9.78 Å². The number of cyclic esters (lactones) is 1. The number of fused-ring (bicyclic) bond motifs is 1. The topological polar surface area (TPSA) is 215 Å². The Morgan fingerprint density at radius 3 is 2.06 bits per heavy atom. The van der Waals surface area contributed by atoms with Gasteiger partial charge in [0.25, 0.3) is 0 Å². The fourth-order valence-corrected chi connectivity index (χ4v) is 12.0. The Balaban J connectivity index is 1.36. The number of carbonyl (C=O) groups is 3. The number of esters is 3. The molecule has 3 N–H and O–H groups in total. The summed E-state index contributed by atoms with van der Waals surface area (Å²) in [4.78, 5) is 49.3. The molecule has 3 aliphatic heterocycles. The van der Waals surface area contributed by atoms with Crippen molar-refractivity contribution in [3.8, 4) is 0 Å². The number of hydrogen-bond acceptors (Lipinski definition) is 17. The molecule has 1 aromatic heterocycles. The van der Waals surface area contributed by atoms with Crippen molar-refractivity contribution in [3.63, 3.8) is 0 Å². The summed E-state index contributed by atoms with van der Waals surface area (Å²) >= 11 is 0. The second-order valence-electron chi connectivity index (χ2n) is 23.1. The molecule has 7 rings (SSSR count). The van der Waals surface area contributed by atoms with Crippen LogP contribution in [0.15, 0.2) is 103 Å². The molecule has 0 saturated carbocycles. The lowest BCUT2D eigenvalue weighted by atomic mass is 9.73. The molecule has 17 nitrogen and oxygen atoms in total. The second-order valence-corrected chi connectivity index (χ2v) is 23.1. The lowest BCUT2D eigenvalue weighted by Crippen LogP contribution is -2.62. The van der Waals surface area contributed by atoms with Crippen LogP contribution in [0.1, 0.15) is 121 Å². The first-order valence-corrected chi connectivity index (χ1v) is 28.1. The van der Waals surface area contributed by atoms with Gasteiger partial charge in [-0.25, -0.2) is 9.59 Å². The molecule has 4 heterocycles. The van der Waals surface area contributed by atoms with Gasteiger partial charge in [-0.15, -0.1) is 0 Å². The summed E-state index contributed by atoms with van der Waals surface area (Å²) in [5.74, 6) is -5.41. The molecule has 436 valence electrons. The van der Waals surface area contributed by atoms with E-state index in [9.17, 15) is 25.2 Å². The van der Waals surface area contributed by atoms with E-state index in [0.717, 1.165) is 16.5 Å².